The molecule has 2 N–H and O–H groups in total. The first-order valence-corrected chi connectivity index (χ1v) is 7.29. The number of amides is 1. The lowest BCUT2D eigenvalue weighted by Crippen LogP contribution is -2.12. The van der Waals surface area contributed by atoms with Crippen LogP contribution in [0.5, 0.6) is 0 Å². The predicted molar refractivity (Wildman–Crippen MR) is 77.7 cm³/mol. The number of aromatic nitrogens is 2. The molecule has 0 fully saturated rings. The van der Waals surface area contributed by atoms with Crippen molar-refractivity contribution >= 4 is 35.1 Å². The fourth-order valence-electron chi connectivity index (χ4n) is 2.16. The van der Waals surface area contributed by atoms with Gasteiger partial charge in [0, 0.05) is 16.3 Å². The highest BCUT2D eigenvalue weighted by molar-refractivity contribution is 8.00. The van der Waals surface area contributed by atoms with E-state index in [1.807, 2.05) is 31.2 Å². The summed E-state index contributed by atoms with van der Waals surface area (Å²) in [6.07, 6.45) is 0. The number of aryl methyl sites for hydroxylation is 1. The second-order valence-corrected chi connectivity index (χ2v) is 5.93. The third-order valence-corrected chi connectivity index (χ3v) is 4.59. The van der Waals surface area contributed by atoms with E-state index >= 15 is 0 Å². The Kier molecular flexibility index (Phi) is 3.24. The van der Waals surface area contributed by atoms with Crippen molar-refractivity contribution in [3.63, 3.8) is 0 Å². The standard InChI is InChI=1S/C13H12ClN3OS/c1-7-11-12(8-2-4-9(14)5-3-8)19-6-10(18)15-13(11)17-16-7/h2-5,12H,6H2,1H3,(H2,15,16,17,18)/t12-/m0/s1. The van der Waals surface area contributed by atoms with Crippen molar-refractivity contribution in [3.8, 4) is 0 Å². The van der Waals surface area contributed by atoms with Gasteiger partial charge in [0.05, 0.1) is 11.0 Å². The molecule has 19 heavy (non-hydrogen) atoms. The first-order valence-electron chi connectivity index (χ1n) is 5.87. The molecule has 98 valence electrons. The molecule has 0 spiro atoms. The van der Waals surface area contributed by atoms with Gasteiger partial charge < -0.3 is 5.32 Å². The number of halogens is 1. The van der Waals surface area contributed by atoms with E-state index in [1.54, 1.807) is 11.8 Å². The van der Waals surface area contributed by atoms with Gasteiger partial charge in [-0.1, -0.05) is 23.7 Å². The molecule has 3 rings (SSSR count). The first kappa shape index (κ1) is 12.6. The molecule has 0 unspecified atom stereocenters. The van der Waals surface area contributed by atoms with Crippen LogP contribution >= 0.6 is 23.4 Å². The summed E-state index contributed by atoms with van der Waals surface area (Å²) < 4.78 is 0. The number of benzene rings is 1. The number of thioether (sulfide) groups is 1. The number of nitrogens with one attached hydrogen (secondary N) is 2. The SMILES string of the molecule is Cc1[nH]nc2c1[C@H](c1ccc(Cl)cc1)SCC(=O)N2. The molecule has 1 aliphatic rings. The summed E-state index contributed by atoms with van der Waals surface area (Å²) in [5.41, 5.74) is 3.14. The predicted octanol–water partition coefficient (Wildman–Crippen LogP) is 3.15. The minimum absolute atomic E-state index is 0.0192. The summed E-state index contributed by atoms with van der Waals surface area (Å²) in [5.74, 6) is 1.03. The van der Waals surface area contributed by atoms with Crippen LogP contribution in [0.4, 0.5) is 5.82 Å². The first-order chi connectivity index (χ1) is 9.15. The van der Waals surface area contributed by atoms with E-state index in [9.17, 15) is 4.79 Å². The van der Waals surface area contributed by atoms with Crippen molar-refractivity contribution in [2.24, 2.45) is 0 Å². The number of hydrogen-bond donors (Lipinski definition) is 2. The Hall–Kier alpha value is -1.46. The van der Waals surface area contributed by atoms with Crippen LogP contribution in [0.3, 0.4) is 0 Å². The topological polar surface area (TPSA) is 57.8 Å². The smallest absolute Gasteiger partial charge is 0.235 e. The molecule has 6 heteroatoms. The van der Waals surface area contributed by atoms with Crippen LogP contribution in [0.25, 0.3) is 0 Å². The fraction of sp³-hybridized carbons (Fsp3) is 0.231. The summed E-state index contributed by atoms with van der Waals surface area (Å²) in [7, 11) is 0. The molecule has 0 aliphatic carbocycles. The fourth-order valence-corrected chi connectivity index (χ4v) is 3.49. The Morgan fingerprint density at radius 2 is 2.11 bits per heavy atom. The molecule has 0 saturated heterocycles. The van der Waals surface area contributed by atoms with Gasteiger partial charge in [0.15, 0.2) is 5.82 Å². The van der Waals surface area contributed by atoms with E-state index in [1.165, 1.54) is 0 Å². The number of nitrogens with zero attached hydrogens (tertiary/aromatic N) is 1. The van der Waals surface area contributed by atoms with Crippen molar-refractivity contribution in [1.29, 1.82) is 0 Å². The van der Waals surface area contributed by atoms with Crippen molar-refractivity contribution in [2.75, 3.05) is 11.1 Å². The summed E-state index contributed by atoms with van der Waals surface area (Å²) in [5, 5.41) is 10.7. The van der Waals surface area contributed by atoms with Gasteiger partial charge in [-0.05, 0) is 24.6 Å². The average Bonchev–Trinajstić information content (AvgIpc) is 2.65. The van der Waals surface area contributed by atoms with Gasteiger partial charge in [0.25, 0.3) is 0 Å². The molecule has 2 aromatic rings. The Balaban J connectivity index is 2.08. The third-order valence-electron chi connectivity index (χ3n) is 3.07. The third kappa shape index (κ3) is 2.35. The van der Waals surface area contributed by atoms with Crippen molar-refractivity contribution < 1.29 is 4.79 Å². The maximum atomic E-state index is 11.7. The Morgan fingerprint density at radius 1 is 1.37 bits per heavy atom. The Labute approximate surface area is 119 Å². The van der Waals surface area contributed by atoms with Crippen LogP contribution < -0.4 is 5.32 Å². The van der Waals surface area contributed by atoms with E-state index in [-0.39, 0.29) is 11.2 Å². The minimum Gasteiger partial charge on any atom is -0.308 e. The lowest BCUT2D eigenvalue weighted by Gasteiger charge is -2.15. The minimum atomic E-state index is -0.0192. The summed E-state index contributed by atoms with van der Waals surface area (Å²) in [6.45, 7) is 1.97. The number of carbonyl (C=O) groups excluding carboxylic acids is 1. The summed E-state index contributed by atoms with van der Waals surface area (Å²) in [6, 6.07) is 7.72. The zero-order valence-corrected chi connectivity index (χ0v) is 11.8. The van der Waals surface area contributed by atoms with Crippen molar-refractivity contribution in [1.82, 2.24) is 10.2 Å². The summed E-state index contributed by atoms with van der Waals surface area (Å²) in [4.78, 5) is 11.7. The number of aromatic amines is 1. The van der Waals surface area contributed by atoms with Crippen LogP contribution in [0.2, 0.25) is 5.02 Å². The maximum absolute atomic E-state index is 11.7. The highest BCUT2D eigenvalue weighted by Crippen LogP contribution is 2.42. The highest BCUT2D eigenvalue weighted by atomic mass is 35.5. The van der Waals surface area contributed by atoms with E-state index in [0.29, 0.717) is 16.6 Å². The second-order valence-electron chi connectivity index (χ2n) is 4.40. The quantitative estimate of drug-likeness (QED) is 0.849. The van der Waals surface area contributed by atoms with Gasteiger partial charge in [-0.25, -0.2) is 0 Å². The molecule has 4 nitrogen and oxygen atoms in total. The van der Waals surface area contributed by atoms with Gasteiger partial charge in [-0.2, -0.15) is 5.10 Å². The van der Waals surface area contributed by atoms with E-state index < -0.39 is 0 Å². The molecule has 0 saturated carbocycles. The zero-order valence-electron chi connectivity index (χ0n) is 10.2. The maximum Gasteiger partial charge on any atom is 0.235 e. The van der Waals surface area contributed by atoms with Crippen LogP contribution in [0.15, 0.2) is 24.3 Å². The molecule has 1 atom stereocenters. The molecule has 2 heterocycles. The number of hydrogen-bond acceptors (Lipinski definition) is 3. The van der Waals surface area contributed by atoms with Gasteiger partial charge in [-0.3, -0.25) is 9.89 Å². The molecule has 1 aromatic carbocycles. The highest BCUT2D eigenvalue weighted by Gasteiger charge is 2.27. The Bertz CT molecular complexity index is 623. The van der Waals surface area contributed by atoms with Crippen molar-refractivity contribution in [2.45, 2.75) is 12.2 Å². The number of carbonyl (C=O) groups is 1. The number of rotatable bonds is 1. The molecule has 0 radical (unpaired) electrons. The van der Waals surface area contributed by atoms with E-state index in [0.717, 1.165) is 16.8 Å². The lowest BCUT2D eigenvalue weighted by molar-refractivity contribution is -0.113. The number of fused-ring (bicyclic) bond motifs is 1. The molecule has 1 aliphatic heterocycles. The van der Waals surface area contributed by atoms with E-state index in [2.05, 4.69) is 15.5 Å². The zero-order chi connectivity index (χ0) is 13.4. The monoisotopic (exact) mass is 293 g/mol. The number of H-pyrrole nitrogens is 1. The largest absolute Gasteiger partial charge is 0.308 e. The van der Waals surface area contributed by atoms with Crippen LogP contribution in [-0.2, 0) is 4.79 Å². The van der Waals surface area contributed by atoms with Gasteiger partial charge in [0.1, 0.15) is 0 Å². The normalized spacial score (nSPS) is 18.6. The molecule has 0 bridgehead atoms. The molecular weight excluding hydrogens is 282 g/mol. The lowest BCUT2D eigenvalue weighted by atomic mass is 10.0. The van der Waals surface area contributed by atoms with Gasteiger partial charge >= 0.3 is 0 Å². The number of anilines is 1. The molecule has 1 aromatic heterocycles. The summed E-state index contributed by atoms with van der Waals surface area (Å²) >= 11 is 7.52. The molecule has 1 amide bonds. The Morgan fingerprint density at radius 3 is 2.84 bits per heavy atom. The average molecular weight is 294 g/mol. The van der Waals surface area contributed by atoms with Crippen LogP contribution in [0.1, 0.15) is 22.1 Å². The van der Waals surface area contributed by atoms with Gasteiger partial charge in [-0.15, -0.1) is 11.8 Å². The van der Waals surface area contributed by atoms with Crippen LogP contribution in [-0.4, -0.2) is 21.9 Å². The van der Waals surface area contributed by atoms with E-state index in [4.69, 9.17) is 11.6 Å². The van der Waals surface area contributed by atoms with Crippen molar-refractivity contribution in [3.05, 3.63) is 46.1 Å². The van der Waals surface area contributed by atoms with Crippen LogP contribution in [0, 0.1) is 6.92 Å². The van der Waals surface area contributed by atoms with Gasteiger partial charge in [0.2, 0.25) is 5.91 Å². The second kappa shape index (κ2) is 4.90. The molecular formula is C13H12ClN3OS.